The first kappa shape index (κ1) is 20.8. The molecule has 0 spiro atoms. The highest BCUT2D eigenvalue weighted by Gasteiger charge is 2.24. The molecule has 1 aromatic heterocycles. The summed E-state index contributed by atoms with van der Waals surface area (Å²) in [5, 5.41) is 1.03. The number of hydrogen-bond acceptors (Lipinski definition) is 6. The highest BCUT2D eigenvalue weighted by molar-refractivity contribution is 7.98. The SMILES string of the molecule is CSc1ccc2nc(N3CCN(C(=O)c4ccc(Oc5ccccc5)cc4)CC3)sc2c1. The van der Waals surface area contributed by atoms with E-state index in [4.69, 9.17) is 9.72 Å². The molecule has 3 aromatic carbocycles. The molecular formula is C25H23N3O2S2. The molecule has 0 saturated carbocycles. The molecule has 0 N–H and O–H groups in total. The topological polar surface area (TPSA) is 45.7 Å². The van der Waals surface area contributed by atoms with Crippen LogP contribution in [0.2, 0.25) is 0 Å². The fourth-order valence-electron chi connectivity index (χ4n) is 3.73. The van der Waals surface area contributed by atoms with E-state index in [9.17, 15) is 4.79 Å². The Hall–Kier alpha value is -3.03. The summed E-state index contributed by atoms with van der Waals surface area (Å²) in [6.07, 6.45) is 2.09. The number of anilines is 1. The zero-order chi connectivity index (χ0) is 21.9. The monoisotopic (exact) mass is 461 g/mol. The van der Waals surface area contributed by atoms with Crippen molar-refractivity contribution in [2.45, 2.75) is 4.90 Å². The minimum Gasteiger partial charge on any atom is -0.457 e. The predicted molar refractivity (Wildman–Crippen MR) is 132 cm³/mol. The van der Waals surface area contributed by atoms with Gasteiger partial charge in [0.15, 0.2) is 5.13 Å². The van der Waals surface area contributed by atoms with Crippen LogP contribution in [0.15, 0.2) is 77.7 Å². The number of rotatable bonds is 5. The maximum atomic E-state index is 13.0. The minimum atomic E-state index is 0.0600. The fraction of sp³-hybridized carbons (Fsp3) is 0.200. The third-order valence-electron chi connectivity index (χ3n) is 5.50. The molecule has 0 unspecified atom stereocenters. The van der Waals surface area contributed by atoms with Crippen molar-refractivity contribution < 1.29 is 9.53 Å². The van der Waals surface area contributed by atoms with Crippen molar-refractivity contribution in [1.82, 2.24) is 9.88 Å². The summed E-state index contributed by atoms with van der Waals surface area (Å²) < 4.78 is 7.03. The number of thioether (sulfide) groups is 1. The van der Waals surface area contributed by atoms with Crippen LogP contribution in [-0.2, 0) is 0 Å². The van der Waals surface area contributed by atoms with Gasteiger partial charge in [0.1, 0.15) is 11.5 Å². The van der Waals surface area contributed by atoms with Gasteiger partial charge < -0.3 is 14.5 Å². The first-order chi connectivity index (χ1) is 15.7. The molecule has 1 amide bonds. The zero-order valence-corrected chi connectivity index (χ0v) is 19.4. The quantitative estimate of drug-likeness (QED) is 0.353. The number of carbonyl (C=O) groups excluding carboxylic acids is 1. The summed E-state index contributed by atoms with van der Waals surface area (Å²) in [4.78, 5) is 23.2. The summed E-state index contributed by atoms with van der Waals surface area (Å²) in [6.45, 7) is 2.95. The van der Waals surface area contributed by atoms with E-state index < -0.39 is 0 Å². The van der Waals surface area contributed by atoms with E-state index in [1.54, 1.807) is 23.1 Å². The van der Waals surface area contributed by atoms with Crippen LogP contribution in [0.25, 0.3) is 10.2 Å². The van der Waals surface area contributed by atoms with Crippen LogP contribution in [0, 0.1) is 0 Å². The molecule has 5 rings (SSSR count). The van der Waals surface area contributed by atoms with Gasteiger partial charge >= 0.3 is 0 Å². The van der Waals surface area contributed by atoms with E-state index in [0.29, 0.717) is 18.7 Å². The Morgan fingerprint density at radius 3 is 2.38 bits per heavy atom. The second-order valence-corrected chi connectivity index (χ2v) is 9.44. The molecule has 0 bridgehead atoms. The van der Waals surface area contributed by atoms with Crippen molar-refractivity contribution in [2.24, 2.45) is 0 Å². The number of aromatic nitrogens is 1. The highest BCUT2D eigenvalue weighted by Crippen LogP contribution is 2.32. The van der Waals surface area contributed by atoms with Gasteiger partial charge in [0.25, 0.3) is 5.91 Å². The predicted octanol–water partition coefficient (Wildman–Crippen LogP) is 5.77. The molecule has 162 valence electrons. The maximum absolute atomic E-state index is 13.0. The van der Waals surface area contributed by atoms with Gasteiger partial charge in [-0.15, -0.1) is 11.8 Å². The number of thiazole rings is 1. The number of ether oxygens (including phenoxy) is 1. The molecule has 1 aliphatic heterocycles. The summed E-state index contributed by atoms with van der Waals surface area (Å²) in [6, 6.07) is 23.4. The molecule has 2 heterocycles. The van der Waals surface area contributed by atoms with E-state index in [-0.39, 0.29) is 5.91 Å². The summed E-state index contributed by atoms with van der Waals surface area (Å²) >= 11 is 3.47. The molecule has 0 atom stereocenters. The lowest BCUT2D eigenvalue weighted by Crippen LogP contribution is -2.48. The van der Waals surface area contributed by atoms with Crippen LogP contribution in [0.3, 0.4) is 0 Å². The van der Waals surface area contributed by atoms with Gasteiger partial charge in [0.2, 0.25) is 0 Å². The number of carbonyl (C=O) groups is 1. The Morgan fingerprint density at radius 1 is 0.938 bits per heavy atom. The molecule has 7 heteroatoms. The first-order valence-corrected chi connectivity index (χ1v) is 12.6. The van der Waals surface area contributed by atoms with Crippen molar-refractivity contribution >= 4 is 44.4 Å². The normalized spacial score (nSPS) is 14.0. The second kappa shape index (κ2) is 9.22. The van der Waals surface area contributed by atoms with Crippen molar-refractivity contribution in [2.75, 3.05) is 37.3 Å². The Bertz CT molecular complexity index is 1220. The number of hydrogen-bond donors (Lipinski definition) is 0. The highest BCUT2D eigenvalue weighted by atomic mass is 32.2. The van der Waals surface area contributed by atoms with Crippen LogP contribution in [0.4, 0.5) is 5.13 Å². The van der Waals surface area contributed by atoms with Gasteiger partial charge in [-0.25, -0.2) is 4.98 Å². The Balaban J connectivity index is 1.21. The van der Waals surface area contributed by atoms with Gasteiger partial charge in [-0.2, -0.15) is 0 Å². The summed E-state index contributed by atoms with van der Waals surface area (Å²) in [5.74, 6) is 1.56. The number of fused-ring (bicyclic) bond motifs is 1. The number of benzene rings is 3. The van der Waals surface area contributed by atoms with E-state index in [1.807, 2.05) is 59.5 Å². The van der Waals surface area contributed by atoms with Gasteiger partial charge in [-0.1, -0.05) is 29.5 Å². The van der Waals surface area contributed by atoms with Gasteiger partial charge in [-0.3, -0.25) is 4.79 Å². The number of para-hydroxylation sites is 1. The van der Waals surface area contributed by atoms with Crippen LogP contribution in [-0.4, -0.2) is 48.2 Å². The van der Waals surface area contributed by atoms with E-state index >= 15 is 0 Å². The first-order valence-electron chi connectivity index (χ1n) is 10.5. The van der Waals surface area contributed by atoms with Crippen LogP contribution < -0.4 is 9.64 Å². The lowest BCUT2D eigenvalue weighted by atomic mass is 10.1. The Kier molecular flexibility index (Phi) is 6.01. The Morgan fingerprint density at radius 2 is 1.66 bits per heavy atom. The lowest BCUT2D eigenvalue weighted by molar-refractivity contribution is 0.0747. The standard InChI is InChI=1S/C25H23N3O2S2/c1-31-21-11-12-22-23(17-21)32-25(26-22)28-15-13-27(14-16-28)24(29)18-7-9-20(10-8-18)30-19-5-3-2-4-6-19/h2-12,17H,13-16H2,1H3. The van der Waals surface area contributed by atoms with Crippen molar-refractivity contribution in [3.05, 3.63) is 78.4 Å². The molecule has 0 radical (unpaired) electrons. The molecule has 4 aromatic rings. The molecular weight excluding hydrogens is 438 g/mol. The van der Waals surface area contributed by atoms with E-state index in [0.717, 1.165) is 35.2 Å². The van der Waals surface area contributed by atoms with Gasteiger partial charge in [0, 0.05) is 36.6 Å². The van der Waals surface area contributed by atoms with E-state index in [2.05, 4.69) is 29.4 Å². The molecule has 1 saturated heterocycles. The van der Waals surface area contributed by atoms with Crippen LogP contribution in [0.1, 0.15) is 10.4 Å². The van der Waals surface area contributed by atoms with Gasteiger partial charge in [-0.05, 0) is 60.9 Å². The van der Waals surface area contributed by atoms with E-state index in [1.165, 1.54) is 9.60 Å². The fourth-order valence-corrected chi connectivity index (χ4v) is 5.30. The maximum Gasteiger partial charge on any atom is 0.253 e. The number of nitrogens with zero attached hydrogens (tertiary/aromatic N) is 3. The minimum absolute atomic E-state index is 0.0600. The van der Waals surface area contributed by atoms with Crippen LogP contribution in [0.5, 0.6) is 11.5 Å². The number of piperazine rings is 1. The summed E-state index contributed by atoms with van der Waals surface area (Å²) in [5.41, 5.74) is 1.72. The molecule has 32 heavy (non-hydrogen) atoms. The van der Waals surface area contributed by atoms with Crippen molar-refractivity contribution in [3.8, 4) is 11.5 Å². The molecule has 1 fully saturated rings. The van der Waals surface area contributed by atoms with Crippen LogP contribution >= 0.6 is 23.1 Å². The number of amides is 1. The third-order valence-corrected chi connectivity index (χ3v) is 7.31. The average Bonchev–Trinajstić information content (AvgIpc) is 3.28. The third kappa shape index (κ3) is 4.45. The molecule has 0 aliphatic carbocycles. The van der Waals surface area contributed by atoms with Gasteiger partial charge in [0.05, 0.1) is 10.2 Å². The smallest absolute Gasteiger partial charge is 0.253 e. The van der Waals surface area contributed by atoms with Crippen molar-refractivity contribution in [3.63, 3.8) is 0 Å². The second-order valence-electron chi connectivity index (χ2n) is 7.55. The molecule has 1 aliphatic rings. The largest absolute Gasteiger partial charge is 0.457 e. The zero-order valence-electron chi connectivity index (χ0n) is 17.7. The lowest BCUT2D eigenvalue weighted by Gasteiger charge is -2.34. The average molecular weight is 462 g/mol. The Labute approximate surface area is 195 Å². The van der Waals surface area contributed by atoms with Crippen molar-refractivity contribution in [1.29, 1.82) is 0 Å². The molecule has 5 nitrogen and oxygen atoms in total. The summed E-state index contributed by atoms with van der Waals surface area (Å²) in [7, 11) is 0.